The van der Waals surface area contributed by atoms with Gasteiger partial charge in [0.05, 0.1) is 6.54 Å². The van der Waals surface area contributed by atoms with Crippen LogP contribution in [0.1, 0.15) is 58.9 Å². The molecule has 2 aromatic carbocycles. The molecule has 1 amide bonds. The minimum atomic E-state index is -0.191. The van der Waals surface area contributed by atoms with Crippen molar-refractivity contribution in [1.29, 1.82) is 0 Å². The van der Waals surface area contributed by atoms with E-state index in [0.717, 1.165) is 31.4 Å². The van der Waals surface area contributed by atoms with Gasteiger partial charge in [-0.1, -0.05) is 48.9 Å². The first-order valence-electron chi connectivity index (χ1n) is 12.0. The van der Waals surface area contributed by atoms with Crippen molar-refractivity contribution < 1.29 is 9.21 Å². The number of aryl methyl sites for hydroxylation is 2. The summed E-state index contributed by atoms with van der Waals surface area (Å²) in [4.78, 5) is 22.6. The number of oxazole rings is 1. The summed E-state index contributed by atoms with van der Waals surface area (Å²) < 4.78 is 5.71. The maximum atomic E-state index is 12.4. The lowest BCUT2D eigenvalue weighted by Gasteiger charge is -2.22. The molecule has 0 aliphatic rings. The zero-order chi connectivity index (χ0) is 24.1. The van der Waals surface area contributed by atoms with E-state index in [9.17, 15) is 4.79 Å². The van der Waals surface area contributed by atoms with Crippen LogP contribution in [0.2, 0.25) is 0 Å². The van der Waals surface area contributed by atoms with Gasteiger partial charge in [0.1, 0.15) is 6.26 Å². The van der Waals surface area contributed by atoms with Crippen molar-refractivity contribution in [1.82, 2.24) is 20.2 Å². The Balaban J connectivity index is 1.51. The summed E-state index contributed by atoms with van der Waals surface area (Å²) >= 11 is 0. The molecule has 0 aliphatic heterocycles. The van der Waals surface area contributed by atoms with E-state index in [2.05, 4.69) is 76.6 Å². The van der Waals surface area contributed by atoms with Crippen LogP contribution < -0.4 is 5.32 Å². The molecule has 2 aromatic heterocycles. The maximum absolute atomic E-state index is 12.4. The quantitative estimate of drug-likeness (QED) is 0.327. The van der Waals surface area contributed by atoms with E-state index in [-0.39, 0.29) is 11.9 Å². The van der Waals surface area contributed by atoms with Crippen LogP contribution >= 0.6 is 0 Å². The molecule has 0 aliphatic carbocycles. The molecule has 4 aromatic rings. The third-order valence-electron chi connectivity index (χ3n) is 6.40. The lowest BCUT2D eigenvalue weighted by Crippen LogP contribution is -2.32. The highest BCUT2D eigenvalue weighted by Gasteiger charge is 2.17. The van der Waals surface area contributed by atoms with Gasteiger partial charge in [0.2, 0.25) is 5.89 Å². The Morgan fingerprint density at radius 2 is 1.97 bits per heavy atom. The Morgan fingerprint density at radius 1 is 1.15 bits per heavy atom. The summed E-state index contributed by atoms with van der Waals surface area (Å²) in [6, 6.07) is 15.0. The molecule has 34 heavy (non-hydrogen) atoms. The second kappa shape index (κ2) is 10.7. The van der Waals surface area contributed by atoms with Gasteiger partial charge in [0, 0.05) is 36.2 Å². The van der Waals surface area contributed by atoms with Gasteiger partial charge < -0.3 is 14.7 Å². The van der Waals surface area contributed by atoms with Crippen molar-refractivity contribution in [3.63, 3.8) is 0 Å². The van der Waals surface area contributed by atoms with Gasteiger partial charge >= 0.3 is 0 Å². The summed E-state index contributed by atoms with van der Waals surface area (Å²) in [5.41, 5.74) is 6.59. The first-order chi connectivity index (χ1) is 16.4. The zero-order valence-corrected chi connectivity index (χ0v) is 20.5. The smallest absolute Gasteiger partial charge is 0.273 e. The van der Waals surface area contributed by atoms with Crippen LogP contribution in [0.15, 0.2) is 59.3 Å². The molecule has 0 saturated carbocycles. The van der Waals surface area contributed by atoms with Gasteiger partial charge in [-0.05, 0) is 56.4 Å². The van der Waals surface area contributed by atoms with E-state index in [1.807, 2.05) is 19.9 Å². The molecule has 0 spiro atoms. The summed E-state index contributed by atoms with van der Waals surface area (Å²) in [5.74, 6) is 0.364. The van der Waals surface area contributed by atoms with Crippen LogP contribution in [-0.4, -0.2) is 33.4 Å². The average Bonchev–Trinajstić information content (AvgIpc) is 3.47. The number of aromatic amines is 1. The first-order valence-corrected chi connectivity index (χ1v) is 12.0. The van der Waals surface area contributed by atoms with Gasteiger partial charge in [0.15, 0.2) is 5.69 Å². The molecule has 1 atom stereocenters. The number of hydrogen-bond acceptors (Lipinski definition) is 4. The molecule has 0 unspecified atom stereocenters. The molecule has 0 radical (unpaired) electrons. The number of H-pyrrole nitrogens is 1. The normalized spacial score (nSPS) is 12.4. The minimum absolute atomic E-state index is 0.101. The zero-order valence-electron chi connectivity index (χ0n) is 20.5. The molecule has 0 fully saturated rings. The molecule has 2 N–H and O–H groups in total. The molecule has 0 bridgehead atoms. The lowest BCUT2D eigenvalue weighted by atomic mass is 10.0. The van der Waals surface area contributed by atoms with E-state index in [4.69, 9.17) is 4.42 Å². The van der Waals surface area contributed by atoms with Crippen LogP contribution in [0, 0.1) is 13.8 Å². The predicted molar refractivity (Wildman–Crippen MR) is 136 cm³/mol. The van der Waals surface area contributed by atoms with Crippen molar-refractivity contribution in [2.45, 2.75) is 59.7 Å². The van der Waals surface area contributed by atoms with Crippen molar-refractivity contribution >= 4 is 16.8 Å². The number of carbonyl (C=O) groups excluding carboxylic acids is 1. The van der Waals surface area contributed by atoms with Crippen molar-refractivity contribution in [2.75, 3.05) is 6.54 Å². The molecule has 178 valence electrons. The van der Waals surface area contributed by atoms with Crippen LogP contribution in [0.4, 0.5) is 0 Å². The molecule has 6 heteroatoms. The molecular weight excluding hydrogens is 424 g/mol. The largest absolute Gasteiger partial charge is 0.447 e. The van der Waals surface area contributed by atoms with Crippen molar-refractivity contribution in [3.8, 4) is 0 Å². The number of aromatic nitrogens is 2. The van der Waals surface area contributed by atoms with Gasteiger partial charge in [0.25, 0.3) is 5.91 Å². The minimum Gasteiger partial charge on any atom is -0.447 e. The molecule has 2 heterocycles. The monoisotopic (exact) mass is 458 g/mol. The summed E-state index contributed by atoms with van der Waals surface area (Å²) in [7, 11) is 0. The second-order valence-electron chi connectivity index (χ2n) is 9.16. The van der Waals surface area contributed by atoms with E-state index in [1.165, 1.54) is 33.9 Å². The molecular formula is C28H34N4O2. The number of nitrogens with zero attached hydrogens (tertiary/aromatic N) is 2. The number of amides is 1. The number of nitrogens with one attached hydrogen (secondary N) is 2. The van der Waals surface area contributed by atoms with Gasteiger partial charge in [-0.3, -0.25) is 9.69 Å². The maximum Gasteiger partial charge on any atom is 0.273 e. The Morgan fingerprint density at radius 3 is 2.79 bits per heavy atom. The highest BCUT2D eigenvalue weighted by molar-refractivity contribution is 5.92. The highest BCUT2D eigenvalue weighted by atomic mass is 16.3. The number of fused-ring (bicyclic) bond motifs is 1. The fraction of sp³-hybridized carbons (Fsp3) is 0.357. The fourth-order valence-electron chi connectivity index (χ4n) is 4.12. The molecule has 0 saturated heterocycles. The molecule has 4 rings (SSSR count). The van der Waals surface area contributed by atoms with Crippen LogP contribution in [0.25, 0.3) is 10.9 Å². The van der Waals surface area contributed by atoms with Crippen molar-refractivity contribution in [2.24, 2.45) is 0 Å². The predicted octanol–water partition coefficient (Wildman–Crippen LogP) is 5.55. The van der Waals surface area contributed by atoms with Gasteiger partial charge in [-0.2, -0.15) is 0 Å². The van der Waals surface area contributed by atoms with E-state index in [1.54, 1.807) is 0 Å². The van der Waals surface area contributed by atoms with Gasteiger partial charge in [-0.15, -0.1) is 0 Å². The summed E-state index contributed by atoms with van der Waals surface area (Å²) in [6.45, 7) is 10.4. The Labute approximate surface area is 201 Å². The Bertz CT molecular complexity index is 1260. The SMILES string of the molecule is CC[C@H](C)NC(=O)c1coc(CN(CCc2c[nH]c3ccccc23)Cc2cc(C)ccc2C)n1. The van der Waals surface area contributed by atoms with Crippen LogP contribution in [-0.2, 0) is 19.5 Å². The fourth-order valence-corrected chi connectivity index (χ4v) is 4.12. The third-order valence-corrected chi connectivity index (χ3v) is 6.40. The van der Waals surface area contributed by atoms with Crippen LogP contribution in [0.3, 0.4) is 0 Å². The van der Waals surface area contributed by atoms with E-state index >= 15 is 0 Å². The lowest BCUT2D eigenvalue weighted by molar-refractivity contribution is 0.0934. The van der Waals surface area contributed by atoms with Gasteiger partial charge in [-0.25, -0.2) is 4.98 Å². The number of benzene rings is 2. The highest BCUT2D eigenvalue weighted by Crippen LogP contribution is 2.20. The van der Waals surface area contributed by atoms with E-state index < -0.39 is 0 Å². The van der Waals surface area contributed by atoms with E-state index in [0.29, 0.717) is 18.1 Å². The van der Waals surface area contributed by atoms with Crippen LogP contribution in [0.5, 0.6) is 0 Å². The third kappa shape index (κ3) is 5.75. The Hall–Kier alpha value is -3.38. The number of para-hydroxylation sites is 1. The standard InChI is InChI=1S/C28H34N4O2/c1-5-21(4)30-28(33)26-18-34-27(31-26)17-32(16-23-14-19(2)10-11-20(23)3)13-12-22-15-29-25-9-7-6-8-24(22)25/h6-11,14-15,18,21,29H,5,12-13,16-17H2,1-4H3,(H,30,33)/t21-/m0/s1. The number of rotatable bonds is 10. The number of carbonyl (C=O) groups is 1. The Kier molecular flexibility index (Phi) is 7.48. The summed E-state index contributed by atoms with van der Waals surface area (Å²) in [5, 5.41) is 4.21. The average molecular weight is 459 g/mol. The molecule has 6 nitrogen and oxygen atoms in total. The number of hydrogen-bond donors (Lipinski definition) is 2. The topological polar surface area (TPSA) is 74.2 Å². The van der Waals surface area contributed by atoms with Crippen molar-refractivity contribution in [3.05, 3.63) is 88.8 Å². The first kappa shape index (κ1) is 23.8. The summed E-state index contributed by atoms with van der Waals surface area (Å²) in [6.07, 6.45) is 5.33. The second-order valence-corrected chi connectivity index (χ2v) is 9.16.